The van der Waals surface area contributed by atoms with E-state index in [9.17, 15) is 9.59 Å². The van der Waals surface area contributed by atoms with Gasteiger partial charge in [0.1, 0.15) is 0 Å². The van der Waals surface area contributed by atoms with Crippen molar-refractivity contribution >= 4 is 36.6 Å². The first-order chi connectivity index (χ1) is 12.2. The van der Waals surface area contributed by atoms with Gasteiger partial charge < -0.3 is 15.5 Å². The van der Waals surface area contributed by atoms with Crippen molar-refractivity contribution in [3.05, 3.63) is 0 Å². The predicted octanol–water partition coefficient (Wildman–Crippen LogP) is 1.67. The number of piperidine rings is 1. The lowest BCUT2D eigenvalue weighted by Crippen LogP contribution is -2.41. The number of halogens is 2. The number of hydrogen-bond acceptors (Lipinski definition) is 4. The van der Waals surface area contributed by atoms with Crippen LogP contribution in [0.2, 0.25) is 0 Å². The molecule has 158 valence electrons. The van der Waals surface area contributed by atoms with E-state index in [-0.39, 0.29) is 42.5 Å². The summed E-state index contributed by atoms with van der Waals surface area (Å²) in [5, 5.41) is 6.48. The van der Waals surface area contributed by atoms with Crippen LogP contribution in [0, 0.1) is 11.8 Å². The highest BCUT2D eigenvalue weighted by molar-refractivity contribution is 5.89. The first-order valence-corrected chi connectivity index (χ1v) is 10.2. The standard InChI is InChI=1S/C19H34N4O2.2ClH/c1-2-22-10-4-6-17(22)14-23-13-16(11-18(23)24)19(25)21-9-7-15-5-3-8-20-12-15;;/h15-17,20H,2-14H2,1H3,(H,21,25);2*1H. The van der Waals surface area contributed by atoms with Gasteiger partial charge in [-0.1, -0.05) is 6.92 Å². The molecule has 3 unspecified atom stereocenters. The highest BCUT2D eigenvalue weighted by atomic mass is 35.5. The van der Waals surface area contributed by atoms with Crippen molar-refractivity contribution in [2.75, 3.05) is 45.8 Å². The van der Waals surface area contributed by atoms with E-state index in [1.54, 1.807) is 0 Å². The van der Waals surface area contributed by atoms with Gasteiger partial charge in [-0.3, -0.25) is 14.5 Å². The Kier molecular flexibility index (Phi) is 11.0. The Morgan fingerprint density at radius 2 is 2.07 bits per heavy atom. The number of amides is 2. The van der Waals surface area contributed by atoms with Gasteiger partial charge in [0.15, 0.2) is 0 Å². The molecule has 3 fully saturated rings. The van der Waals surface area contributed by atoms with Crippen molar-refractivity contribution in [1.82, 2.24) is 20.4 Å². The SMILES string of the molecule is CCN1CCCC1CN1CC(C(=O)NCCC2CCCNC2)CC1=O.Cl.Cl. The number of nitrogens with zero attached hydrogens (tertiary/aromatic N) is 2. The van der Waals surface area contributed by atoms with Crippen LogP contribution in [-0.2, 0) is 9.59 Å². The number of nitrogens with one attached hydrogen (secondary N) is 2. The predicted molar refractivity (Wildman–Crippen MR) is 113 cm³/mol. The Labute approximate surface area is 176 Å². The molecule has 8 heteroatoms. The van der Waals surface area contributed by atoms with Crippen LogP contribution >= 0.6 is 24.8 Å². The van der Waals surface area contributed by atoms with E-state index in [2.05, 4.69) is 22.5 Å². The van der Waals surface area contributed by atoms with Gasteiger partial charge in [-0.05, 0) is 64.2 Å². The number of likely N-dealkylation sites (N-methyl/N-ethyl adjacent to an activating group) is 1. The molecule has 3 rings (SSSR count). The number of rotatable bonds is 7. The van der Waals surface area contributed by atoms with Crippen LogP contribution in [0.5, 0.6) is 0 Å². The van der Waals surface area contributed by atoms with Crippen LogP contribution in [0.3, 0.4) is 0 Å². The molecule has 3 heterocycles. The van der Waals surface area contributed by atoms with E-state index in [0.29, 0.717) is 24.9 Å². The Hall–Kier alpha value is -0.560. The summed E-state index contributed by atoms with van der Waals surface area (Å²) in [5.74, 6) is 0.740. The monoisotopic (exact) mass is 422 g/mol. The van der Waals surface area contributed by atoms with E-state index in [1.165, 1.54) is 25.7 Å². The normalized spacial score (nSPS) is 28.6. The summed E-state index contributed by atoms with van der Waals surface area (Å²) < 4.78 is 0. The van der Waals surface area contributed by atoms with Crippen LogP contribution < -0.4 is 10.6 Å². The van der Waals surface area contributed by atoms with Gasteiger partial charge in [0, 0.05) is 32.1 Å². The Bertz CT molecular complexity index is 475. The van der Waals surface area contributed by atoms with Crippen molar-refractivity contribution in [3.8, 4) is 0 Å². The van der Waals surface area contributed by atoms with E-state index in [4.69, 9.17) is 0 Å². The molecular formula is C19H36Cl2N4O2. The summed E-state index contributed by atoms with van der Waals surface area (Å²) in [7, 11) is 0. The minimum atomic E-state index is -0.159. The summed E-state index contributed by atoms with van der Waals surface area (Å²) in [4.78, 5) is 29.1. The average molecular weight is 423 g/mol. The molecular weight excluding hydrogens is 387 g/mol. The van der Waals surface area contributed by atoms with E-state index < -0.39 is 0 Å². The Morgan fingerprint density at radius 3 is 2.78 bits per heavy atom. The summed E-state index contributed by atoms with van der Waals surface area (Å²) in [6.07, 6.45) is 6.31. The summed E-state index contributed by atoms with van der Waals surface area (Å²) in [6, 6.07) is 0.481. The Balaban J connectivity index is 0.00000182. The van der Waals surface area contributed by atoms with Crippen molar-refractivity contribution in [1.29, 1.82) is 0 Å². The molecule has 3 saturated heterocycles. The van der Waals surface area contributed by atoms with Crippen LogP contribution in [0.1, 0.15) is 45.4 Å². The van der Waals surface area contributed by atoms with Gasteiger partial charge in [-0.15, -0.1) is 24.8 Å². The van der Waals surface area contributed by atoms with Crippen LogP contribution in [-0.4, -0.2) is 73.5 Å². The Morgan fingerprint density at radius 1 is 1.26 bits per heavy atom. The summed E-state index contributed by atoms with van der Waals surface area (Å²) in [6.45, 7) is 8.70. The average Bonchev–Trinajstić information content (AvgIpc) is 3.23. The van der Waals surface area contributed by atoms with Gasteiger partial charge in [0.05, 0.1) is 5.92 Å². The van der Waals surface area contributed by atoms with Gasteiger partial charge >= 0.3 is 0 Å². The lowest BCUT2D eigenvalue weighted by molar-refractivity contribution is -0.129. The first kappa shape index (κ1) is 24.5. The third-order valence-electron chi connectivity index (χ3n) is 6.17. The van der Waals surface area contributed by atoms with Crippen molar-refractivity contribution < 1.29 is 9.59 Å². The van der Waals surface area contributed by atoms with Gasteiger partial charge in [0.25, 0.3) is 0 Å². The lowest BCUT2D eigenvalue weighted by atomic mass is 9.96. The van der Waals surface area contributed by atoms with E-state index >= 15 is 0 Å². The minimum Gasteiger partial charge on any atom is -0.356 e. The number of carbonyl (C=O) groups is 2. The molecule has 6 nitrogen and oxygen atoms in total. The van der Waals surface area contributed by atoms with Gasteiger partial charge in [-0.2, -0.15) is 0 Å². The largest absolute Gasteiger partial charge is 0.356 e. The van der Waals surface area contributed by atoms with E-state index in [0.717, 1.165) is 45.7 Å². The smallest absolute Gasteiger partial charge is 0.225 e. The van der Waals surface area contributed by atoms with Gasteiger partial charge in [0.2, 0.25) is 11.8 Å². The number of carbonyl (C=O) groups excluding carboxylic acids is 2. The molecule has 0 aromatic carbocycles. The molecule has 3 aliphatic heterocycles. The van der Waals surface area contributed by atoms with Crippen LogP contribution in [0.25, 0.3) is 0 Å². The number of likely N-dealkylation sites (tertiary alicyclic amines) is 2. The molecule has 2 N–H and O–H groups in total. The topological polar surface area (TPSA) is 64.7 Å². The molecule has 0 aliphatic carbocycles. The zero-order valence-corrected chi connectivity index (χ0v) is 18.1. The molecule has 0 spiro atoms. The van der Waals surface area contributed by atoms with Gasteiger partial charge in [-0.25, -0.2) is 0 Å². The fourth-order valence-corrected chi connectivity index (χ4v) is 4.61. The second-order valence-corrected chi connectivity index (χ2v) is 7.92. The quantitative estimate of drug-likeness (QED) is 0.654. The van der Waals surface area contributed by atoms with Crippen molar-refractivity contribution in [3.63, 3.8) is 0 Å². The molecule has 3 aliphatic rings. The molecule has 0 aromatic heterocycles. The zero-order valence-electron chi connectivity index (χ0n) is 16.5. The molecule has 0 bridgehead atoms. The highest BCUT2D eigenvalue weighted by Gasteiger charge is 2.36. The van der Waals surface area contributed by atoms with Crippen LogP contribution in [0.4, 0.5) is 0 Å². The second-order valence-electron chi connectivity index (χ2n) is 7.92. The fraction of sp³-hybridized carbons (Fsp3) is 0.895. The van der Waals surface area contributed by atoms with E-state index in [1.807, 2.05) is 4.90 Å². The third-order valence-corrected chi connectivity index (χ3v) is 6.17. The maximum Gasteiger partial charge on any atom is 0.225 e. The number of hydrogen-bond donors (Lipinski definition) is 2. The summed E-state index contributed by atoms with van der Waals surface area (Å²) >= 11 is 0. The first-order valence-electron chi connectivity index (χ1n) is 10.2. The highest BCUT2D eigenvalue weighted by Crippen LogP contribution is 2.23. The minimum absolute atomic E-state index is 0. The molecule has 0 saturated carbocycles. The maximum atomic E-state index is 12.4. The fourth-order valence-electron chi connectivity index (χ4n) is 4.61. The summed E-state index contributed by atoms with van der Waals surface area (Å²) in [5.41, 5.74) is 0. The van der Waals surface area contributed by atoms with Crippen molar-refractivity contribution in [2.24, 2.45) is 11.8 Å². The third kappa shape index (κ3) is 6.77. The van der Waals surface area contributed by atoms with Crippen LogP contribution in [0.15, 0.2) is 0 Å². The molecule has 3 atom stereocenters. The lowest BCUT2D eigenvalue weighted by Gasteiger charge is -2.27. The van der Waals surface area contributed by atoms with Crippen molar-refractivity contribution in [2.45, 2.75) is 51.5 Å². The molecule has 0 radical (unpaired) electrons. The molecule has 2 amide bonds. The molecule has 27 heavy (non-hydrogen) atoms. The second kappa shape index (κ2) is 12.1. The zero-order chi connectivity index (χ0) is 17.6. The molecule has 0 aromatic rings. The maximum absolute atomic E-state index is 12.4.